The molecular formula is C17H26N2O. The highest BCUT2D eigenvalue weighted by Gasteiger charge is 2.14. The monoisotopic (exact) mass is 274 g/mol. The molecule has 110 valence electrons. The fourth-order valence-electron chi connectivity index (χ4n) is 2.75. The average molecular weight is 274 g/mol. The van der Waals surface area contributed by atoms with E-state index in [2.05, 4.69) is 37.6 Å². The smallest absolute Gasteiger partial charge is 0.116 e. The standard InChI is InChI=1S/C17H26N2O/c1-5-8-18-10-16-13(4)19(11-12(2)3)17-7-6-14(20)9-15(16)17/h6-7,9,12,18,20H,5,8,10-11H2,1-4H3. The zero-order chi connectivity index (χ0) is 14.7. The zero-order valence-corrected chi connectivity index (χ0v) is 13.0. The van der Waals surface area contributed by atoms with Crippen molar-refractivity contribution in [1.29, 1.82) is 0 Å². The van der Waals surface area contributed by atoms with E-state index >= 15 is 0 Å². The Balaban J connectivity index is 2.48. The van der Waals surface area contributed by atoms with E-state index in [0.717, 1.165) is 26.1 Å². The van der Waals surface area contributed by atoms with Gasteiger partial charge < -0.3 is 15.0 Å². The summed E-state index contributed by atoms with van der Waals surface area (Å²) in [6.45, 7) is 11.7. The second kappa shape index (κ2) is 6.31. The molecule has 0 saturated carbocycles. The number of phenols is 1. The summed E-state index contributed by atoms with van der Waals surface area (Å²) in [5.41, 5.74) is 3.84. The van der Waals surface area contributed by atoms with Gasteiger partial charge in [-0.15, -0.1) is 0 Å². The van der Waals surface area contributed by atoms with Crippen LogP contribution in [0.2, 0.25) is 0 Å². The molecule has 1 aromatic heterocycles. The van der Waals surface area contributed by atoms with Crippen molar-refractivity contribution in [1.82, 2.24) is 9.88 Å². The minimum atomic E-state index is 0.343. The predicted octanol–water partition coefficient (Wildman–Crippen LogP) is 3.81. The summed E-state index contributed by atoms with van der Waals surface area (Å²) in [5.74, 6) is 0.950. The van der Waals surface area contributed by atoms with Crippen LogP contribution < -0.4 is 5.32 Å². The van der Waals surface area contributed by atoms with Crippen molar-refractivity contribution in [3.8, 4) is 5.75 Å². The van der Waals surface area contributed by atoms with Gasteiger partial charge in [0.25, 0.3) is 0 Å². The fraction of sp³-hybridized carbons (Fsp3) is 0.529. The topological polar surface area (TPSA) is 37.2 Å². The van der Waals surface area contributed by atoms with Gasteiger partial charge >= 0.3 is 0 Å². The molecule has 0 aliphatic carbocycles. The summed E-state index contributed by atoms with van der Waals surface area (Å²) < 4.78 is 2.38. The molecule has 0 unspecified atom stereocenters. The minimum absolute atomic E-state index is 0.343. The molecule has 0 fully saturated rings. The van der Waals surface area contributed by atoms with Crippen LogP contribution in [0.3, 0.4) is 0 Å². The number of hydrogen-bond acceptors (Lipinski definition) is 2. The molecule has 1 heterocycles. The molecule has 0 radical (unpaired) electrons. The van der Waals surface area contributed by atoms with E-state index in [4.69, 9.17) is 0 Å². The average Bonchev–Trinajstić information content (AvgIpc) is 2.63. The molecule has 0 saturated heterocycles. The Bertz CT molecular complexity index is 584. The van der Waals surface area contributed by atoms with E-state index in [1.165, 1.54) is 22.2 Å². The van der Waals surface area contributed by atoms with Crippen molar-refractivity contribution in [2.75, 3.05) is 6.54 Å². The lowest BCUT2D eigenvalue weighted by atomic mass is 10.1. The highest BCUT2D eigenvalue weighted by atomic mass is 16.3. The van der Waals surface area contributed by atoms with E-state index < -0.39 is 0 Å². The van der Waals surface area contributed by atoms with Crippen molar-refractivity contribution < 1.29 is 5.11 Å². The van der Waals surface area contributed by atoms with Gasteiger partial charge in [-0.25, -0.2) is 0 Å². The number of aromatic nitrogens is 1. The summed E-state index contributed by atoms with van der Waals surface area (Å²) in [5, 5.41) is 14.4. The first kappa shape index (κ1) is 14.9. The maximum absolute atomic E-state index is 9.78. The highest BCUT2D eigenvalue weighted by Crippen LogP contribution is 2.29. The third-order valence-electron chi connectivity index (χ3n) is 3.71. The lowest BCUT2D eigenvalue weighted by molar-refractivity contribution is 0.476. The van der Waals surface area contributed by atoms with Crippen LogP contribution in [0, 0.1) is 12.8 Å². The van der Waals surface area contributed by atoms with Crippen LogP contribution >= 0.6 is 0 Å². The summed E-state index contributed by atoms with van der Waals surface area (Å²) >= 11 is 0. The Hall–Kier alpha value is -1.48. The Morgan fingerprint density at radius 2 is 2.05 bits per heavy atom. The Labute approximate surface area is 121 Å². The van der Waals surface area contributed by atoms with Crippen LogP contribution in [0.15, 0.2) is 18.2 Å². The lowest BCUT2D eigenvalue weighted by Crippen LogP contribution is -2.15. The molecule has 1 aromatic carbocycles. The molecule has 0 bridgehead atoms. The third-order valence-corrected chi connectivity index (χ3v) is 3.71. The second-order valence-electron chi connectivity index (χ2n) is 5.95. The first-order chi connectivity index (χ1) is 9.54. The van der Waals surface area contributed by atoms with E-state index in [1.807, 2.05) is 12.1 Å². The number of hydrogen-bond donors (Lipinski definition) is 2. The molecule has 0 spiro atoms. The largest absolute Gasteiger partial charge is 0.508 e. The molecule has 0 aliphatic rings. The Morgan fingerprint density at radius 3 is 2.70 bits per heavy atom. The van der Waals surface area contributed by atoms with Gasteiger partial charge in [0.05, 0.1) is 0 Å². The zero-order valence-electron chi connectivity index (χ0n) is 13.0. The van der Waals surface area contributed by atoms with Gasteiger partial charge in [0.2, 0.25) is 0 Å². The van der Waals surface area contributed by atoms with Crippen LogP contribution in [0.25, 0.3) is 10.9 Å². The van der Waals surface area contributed by atoms with Gasteiger partial charge in [-0.05, 0) is 49.6 Å². The second-order valence-corrected chi connectivity index (χ2v) is 5.95. The maximum atomic E-state index is 9.78. The highest BCUT2D eigenvalue weighted by molar-refractivity contribution is 5.86. The van der Waals surface area contributed by atoms with Crippen molar-refractivity contribution in [2.24, 2.45) is 5.92 Å². The van der Waals surface area contributed by atoms with Crippen molar-refractivity contribution in [3.63, 3.8) is 0 Å². The Kier molecular flexibility index (Phi) is 4.71. The summed E-state index contributed by atoms with van der Waals surface area (Å²) in [6.07, 6.45) is 1.13. The van der Waals surface area contributed by atoms with Crippen LogP contribution in [0.4, 0.5) is 0 Å². The van der Waals surface area contributed by atoms with E-state index in [-0.39, 0.29) is 0 Å². The van der Waals surface area contributed by atoms with E-state index in [1.54, 1.807) is 6.07 Å². The van der Waals surface area contributed by atoms with Gasteiger partial charge in [0.15, 0.2) is 0 Å². The normalized spacial score (nSPS) is 11.7. The molecule has 2 N–H and O–H groups in total. The SMILES string of the molecule is CCCNCc1c(C)n(CC(C)C)c2ccc(O)cc12. The Morgan fingerprint density at radius 1 is 1.30 bits per heavy atom. The quantitative estimate of drug-likeness (QED) is 0.786. The van der Waals surface area contributed by atoms with Gasteiger partial charge in [-0.1, -0.05) is 20.8 Å². The lowest BCUT2D eigenvalue weighted by Gasteiger charge is -2.11. The molecule has 0 aliphatic heterocycles. The van der Waals surface area contributed by atoms with Gasteiger partial charge in [0, 0.05) is 29.7 Å². The predicted molar refractivity (Wildman–Crippen MR) is 85.2 cm³/mol. The first-order valence-corrected chi connectivity index (χ1v) is 7.56. The number of aromatic hydroxyl groups is 1. The van der Waals surface area contributed by atoms with E-state index in [9.17, 15) is 5.11 Å². The summed E-state index contributed by atoms with van der Waals surface area (Å²) in [4.78, 5) is 0. The molecule has 3 nitrogen and oxygen atoms in total. The van der Waals surface area contributed by atoms with Gasteiger partial charge in [-0.3, -0.25) is 0 Å². The third kappa shape index (κ3) is 2.98. The van der Waals surface area contributed by atoms with E-state index in [0.29, 0.717) is 11.7 Å². The van der Waals surface area contributed by atoms with Crippen molar-refractivity contribution >= 4 is 10.9 Å². The van der Waals surface area contributed by atoms with Crippen LogP contribution in [-0.4, -0.2) is 16.2 Å². The number of benzene rings is 1. The van der Waals surface area contributed by atoms with Crippen molar-refractivity contribution in [2.45, 2.75) is 47.2 Å². The number of phenolic OH excluding ortho intramolecular Hbond substituents is 1. The molecule has 3 heteroatoms. The molecule has 0 amide bonds. The van der Waals surface area contributed by atoms with Crippen LogP contribution in [0.5, 0.6) is 5.75 Å². The number of nitrogens with zero attached hydrogens (tertiary/aromatic N) is 1. The molecular weight excluding hydrogens is 248 g/mol. The molecule has 2 aromatic rings. The molecule has 20 heavy (non-hydrogen) atoms. The number of nitrogens with one attached hydrogen (secondary N) is 1. The molecule has 0 atom stereocenters. The van der Waals surface area contributed by atoms with Gasteiger partial charge in [-0.2, -0.15) is 0 Å². The first-order valence-electron chi connectivity index (χ1n) is 7.56. The summed E-state index contributed by atoms with van der Waals surface area (Å²) in [6, 6.07) is 5.70. The van der Waals surface area contributed by atoms with Crippen molar-refractivity contribution in [3.05, 3.63) is 29.5 Å². The fourth-order valence-corrected chi connectivity index (χ4v) is 2.75. The van der Waals surface area contributed by atoms with Gasteiger partial charge in [0.1, 0.15) is 5.75 Å². The minimum Gasteiger partial charge on any atom is -0.508 e. The summed E-state index contributed by atoms with van der Waals surface area (Å²) in [7, 11) is 0. The van der Waals surface area contributed by atoms with Crippen LogP contribution in [0.1, 0.15) is 38.4 Å². The number of rotatable bonds is 6. The molecule has 2 rings (SSSR count). The van der Waals surface area contributed by atoms with Crippen LogP contribution in [-0.2, 0) is 13.1 Å². The maximum Gasteiger partial charge on any atom is 0.116 e. The number of fused-ring (bicyclic) bond motifs is 1.